The molecule has 0 aromatic heterocycles. The molecule has 0 aliphatic rings. The predicted molar refractivity (Wildman–Crippen MR) is 21.5 cm³/mol. The minimum absolute atomic E-state index is 0.0791. The van der Waals surface area contributed by atoms with Crippen LogP contribution in [0.5, 0.6) is 0 Å². The van der Waals surface area contributed by atoms with Crippen LogP contribution in [0, 0.1) is 0 Å². The summed E-state index contributed by atoms with van der Waals surface area (Å²) in [5.41, 5.74) is 4.74. The molecule has 5 heteroatoms. The zero-order valence-electron chi connectivity index (χ0n) is 3.66. The van der Waals surface area contributed by atoms with Crippen LogP contribution in [0.4, 0.5) is 0 Å². The maximum atomic E-state index is 9.62. The first kappa shape index (κ1) is 7.11. The summed E-state index contributed by atoms with van der Waals surface area (Å²) in [5.74, 6) is 0. The molecule has 0 radical (unpaired) electrons. The Morgan fingerprint density at radius 3 is 2.00 bits per heavy atom. The van der Waals surface area contributed by atoms with Crippen LogP contribution in [-0.4, -0.2) is 12.7 Å². The van der Waals surface area contributed by atoms with E-state index in [9.17, 15) is 14.4 Å². The van der Waals surface area contributed by atoms with Gasteiger partial charge in [-0.3, -0.25) is 0 Å². The molecule has 0 atom stereocenters. The Bertz CT molecular complexity index is 86.9. The highest BCUT2D eigenvalue weighted by molar-refractivity contribution is 7.48. The number of rotatable bonds is 2. The van der Waals surface area contributed by atoms with Crippen LogP contribution in [0.25, 0.3) is 0 Å². The molecule has 0 spiro atoms. The fourth-order valence-electron chi connectivity index (χ4n) is 0.158. The SMILES string of the molecule is NCCP(=O)([O-])[O-]. The summed E-state index contributed by atoms with van der Waals surface area (Å²) in [7, 11) is -4.29. The second-order valence-corrected chi connectivity index (χ2v) is 2.79. The molecule has 0 rings (SSSR count). The second kappa shape index (κ2) is 2.43. The molecule has 0 bridgehead atoms. The van der Waals surface area contributed by atoms with Crippen molar-refractivity contribution < 1.29 is 14.4 Å². The van der Waals surface area contributed by atoms with Crippen LogP contribution in [-0.2, 0) is 4.57 Å². The lowest BCUT2D eigenvalue weighted by Gasteiger charge is -2.28. The highest BCUT2D eigenvalue weighted by Crippen LogP contribution is 2.19. The van der Waals surface area contributed by atoms with E-state index in [0.717, 1.165) is 0 Å². The molecule has 0 aromatic rings. The highest BCUT2D eigenvalue weighted by atomic mass is 31.2. The van der Waals surface area contributed by atoms with E-state index in [2.05, 4.69) is 0 Å². The second-order valence-electron chi connectivity index (χ2n) is 1.12. The molecule has 0 heterocycles. The fraction of sp³-hybridized carbons (Fsp3) is 1.00. The van der Waals surface area contributed by atoms with Gasteiger partial charge in [-0.2, -0.15) is 0 Å². The van der Waals surface area contributed by atoms with Gasteiger partial charge in [0.25, 0.3) is 0 Å². The van der Waals surface area contributed by atoms with Gasteiger partial charge < -0.3 is 20.1 Å². The quantitative estimate of drug-likeness (QED) is 0.424. The highest BCUT2D eigenvalue weighted by Gasteiger charge is 1.83. The molecule has 0 fully saturated rings. The normalized spacial score (nSPS) is 11.9. The largest absolute Gasteiger partial charge is 0.811 e. The Kier molecular flexibility index (Phi) is 2.46. The van der Waals surface area contributed by atoms with Gasteiger partial charge in [-0.15, -0.1) is 0 Å². The summed E-state index contributed by atoms with van der Waals surface area (Å²) in [6.07, 6.45) is -0.438. The Morgan fingerprint density at radius 1 is 1.57 bits per heavy atom. The van der Waals surface area contributed by atoms with E-state index in [1.807, 2.05) is 0 Å². The van der Waals surface area contributed by atoms with E-state index >= 15 is 0 Å². The maximum absolute atomic E-state index is 9.62. The Labute approximate surface area is 41.5 Å². The molecule has 0 saturated carbocycles. The minimum atomic E-state index is -4.29. The van der Waals surface area contributed by atoms with Crippen molar-refractivity contribution in [1.82, 2.24) is 0 Å². The summed E-state index contributed by atoms with van der Waals surface area (Å²) < 4.78 is 9.62. The Hall–Kier alpha value is 0.110. The van der Waals surface area contributed by atoms with Gasteiger partial charge in [0.05, 0.1) is 0 Å². The van der Waals surface area contributed by atoms with E-state index in [0.29, 0.717) is 0 Å². The third-order valence-corrected chi connectivity index (χ3v) is 1.21. The van der Waals surface area contributed by atoms with E-state index in [-0.39, 0.29) is 6.54 Å². The first-order chi connectivity index (χ1) is 3.06. The van der Waals surface area contributed by atoms with Gasteiger partial charge in [0, 0.05) is 0 Å². The van der Waals surface area contributed by atoms with Gasteiger partial charge in [-0.05, 0) is 12.7 Å². The monoisotopic (exact) mass is 123 g/mol. The Morgan fingerprint density at radius 2 is 2.00 bits per heavy atom. The summed E-state index contributed by atoms with van der Waals surface area (Å²) in [6, 6.07) is 0. The number of hydrogen-bond acceptors (Lipinski definition) is 4. The third-order valence-electron chi connectivity index (χ3n) is 0.403. The van der Waals surface area contributed by atoms with Gasteiger partial charge in [-0.1, -0.05) is 7.60 Å². The van der Waals surface area contributed by atoms with Crippen molar-refractivity contribution in [3.63, 3.8) is 0 Å². The standard InChI is InChI=1S/C2H8NO3P/c3-1-2-7(4,5)6/h1-3H2,(H2,4,5,6)/p-2. The molecule has 0 amide bonds. The molecule has 0 aliphatic carbocycles. The number of hydrogen-bond donors (Lipinski definition) is 1. The van der Waals surface area contributed by atoms with Crippen molar-refractivity contribution in [2.24, 2.45) is 5.73 Å². The number of nitrogens with two attached hydrogens (primary N) is 1. The molecule has 0 saturated heterocycles. The van der Waals surface area contributed by atoms with Crippen LogP contribution in [0.15, 0.2) is 0 Å². The zero-order valence-corrected chi connectivity index (χ0v) is 4.56. The van der Waals surface area contributed by atoms with E-state index in [4.69, 9.17) is 5.73 Å². The van der Waals surface area contributed by atoms with Crippen molar-refractivity contribution in [2.45, 2.75) is 0 Å². The minimum Gasteiger partial charge on any atom is -0.811 e. The molecule has 0 aromatic carbocycles. The molecule has 44 valence electrons. The fourth-order valence-corrected chi connectivity index (χ4v) is 0.474. The first-order valence-electron chi connectivity index (χ1n) is 1.77. The Balaban J connectivity index is 3.36. The molecule has 0 unspecified atom stereocenters. The van der Waals surface area contributed by atoms with Gasteiger partial charge in [0.2, 0.25) is 0 Å². The topological polar surface area (TPSA) is 89.2 Å². The van der Waals surface area contributed by atoms with Crippen molar-refractivity contribution in [3.05, 3.63) is 0 Å². The zero-order chi connectivity index (χ0) is 5.91. The van der Waals surface area contributed by atoms with Crippen LogP contribution in [0.1, 0.15) is 0 Å². The molecule has 7 heavy (non-hydrogen) atoms. The summed E-state index contributed by atoms with van der Waals surface area (Å²) >= 11 is 0. The van der Waals surface area contributed by atoms with Crippen molar-refractivity contribution in [2.75, 3.05) is 12.7 Å². The average molecular weight is 123 g/mol. The van der Waals surface area contributed by atoms with Crippen LogP contribution >= 0.6 is 7.60 Å². The molecular formula is C2H6NO3P-2. The lowest BCUT2D eigenvalue weighted by molar-refractivity contribution is -0.313. The van der Waals surface area contributed by atoms with Gasteiger partial charge in [0.15, 0.2) is 0 Å². The summed E-state index contributed by atoms with van der Waals surface area (Å²) in [4.78, 5) is 19.2. The predicted octanol–water partition coefficient (Wildman–Crippen LogP) is -2.14. The summed E-state index contributed by atoms with van der Waals surface area (Å²) in [5, 5.41) is 0. The van der Waals surface area contributed by atoms with Gasteiger partial charge >= 0.3 is 0 Å². The molecule has 0 aliphatic heterocycles. The van der Waals surface area contributed by atoms with Crippen molar-refractivity contribution >= 4 is 7.60 Å². The van der Waals surface area contributed by atoms with Gasteiger partial charge in [-0.25, -0.2) is 0 Å². The van der Waals surface area contributed by atoms with Crippen LogP contribution in [0.3, 0.4) is 0 Å². The van der Waals surface area contributed by atoms with Crippen molar-refractivity contribution in [1.29, 1.82) is 0 Å². The average Bonchev–Trinajstić information content (AvgIpc) is 1.30. The van der Waals surface area contributed by atoms with Crippen molar-refractivity contribution in [3.8, 4) is 0 Å². The van der Waals surface area contributed by atoms with Gasteiger partial charge in [0.1, 0.15) is 0 Å². The molecule has 4 nitrogen and oxygen atoms in total. The summed E-state index contributed by atoms with van der Waals surface area (Å²) in [6.45, 7) is -0.0791. The molecule has 2 N–H and O–H groups in total. The lowest BCUT2D eigenvalue weighted by Crippen LogP contribution is -2.21. The first-order valence-corrected chi connectivity index (χ1v) is 3.50. The maximum Gasteiger partial charge on any atom is -0.00311 e. The molecular weight excluding hydrogens is 117 g/mol. The van der Waals surface area contributed by atoms with Crippen LogP contribution in [0.2, 0.25) is 0 Å². The van der Waals surface area contributed by atoms with E-state index < -0.39 is 13.8 Å². The third kappa shape index (κ3) is 6.11. The van der Waals surface area contributed by atoms with E-state index in [1.165, 1.54) is 0 Å². The van der Waals surface area contributed by atoms with Crippen LogP contribution < -0.4 is 15.5 Å². The smallest absolute Gasteiger partial charge is 0.00311 e. The lowest BCUT2D eigenvalue weighted by atomic mass is 10.8. The van der Waals surface area contributed by atoms with E-state index in [1.54, 1.807) is 0 Å².